The monoisotopic (exact) mass is 417 g/mol. The Morgan fingerprint density at radius 3 is 2.52 bits per heavy atom. The highest BCUT2D eigenvalue weighted by molar-refractivity contribution is 5.78. The molecule has 3 aromatic rings. The molecule has 3 heterocycles. The van der Waals surface area contributed by atoms with E-state index in [0.717, 1.165) is 49.4 Å². The minimum atomic E-state index is -0.155. The van der Waals surface area contributed by atoms with E-state index < -0.39 is 0 Å². The molecule has 0 saturated carbocycles. The Morgan fingerprint density at radius 2 is 1.84 bits per heavy atom. The lowest BCUT2D eigenvalue weighted by atomic mass is 9.96. The maximum absolute atomic E-state index is 12.5. The van der Waals surface area contributed by atoms with E-state index in [-0.39, 0.29) is 17.4 Å². The van der Waals surface area contributed by atoms with Gasteiger partial charge in [-0.1, -0.05) is 25.1 Å². The van der Waals surface area contributed by atoms with Gasteiger partial charge in [0.25, 0.3) is 5.56 Å². The predicted octanol–water partition coefficient (Wildman–Crippen LogP) is 2.72. The number of piperidine rings is 1. The summed E-state index contributed by atoms with van der Waals surface area (Å²) in [4.78, 5) is 31.1. The fraction of sp³-hybridized carbons (Fsp3) is 0.333. The third-order valence-electron chi connectivity index (χ3n) is 5.75. The van der Waals surface area contributed by atoms with Gasteiger partial charge in [0.05, 0.1) is 5.69 Å². The summed E-state index contributed by atoms with van der Waals surface area (Å²) >= 11 is 0. The van der Waals surface area contributed by atoms with Crippen LogP contribution >= 0.6 is 0 Å². The van der Waals surface area contributed by atoms with E-state index >= 15 is 0 Å². The molecule has 0 radical (unpaired) electrons. The normalized spacial score (nSPS) is 14.4. The van der Waals surface area contributed by atoms with Gasteiger partial charge in [-0.2, -0.15) is 4.68 Å². The van der Waals surface area contributed by atoms with Crippen molar-refractivity contribution in [1.29, 1.82) is 0 Å². The van der Waals surface area contributed by atoms with E-state index in [1.807, 2.05) is 36.4 Å². The van der Waals surface area contributed by atoms with Crippen LogP contribution in [0.25, 0.3) is 5.69 Å². The summed E-state index contributed by atoms with van der Waals surface area (Å²) in [7, 11) is 0. The molecule has 0 unspecified atom stereocenters. The molecule has 4 rings (SSSR count). The number of hydrogen-bond donors (Lipinski definition) is 1. The van der Waals surface area contributed by atoms with Crippen molar-refractivity contribution in [2.75, 3.05) is 18.0 Å². The predicted molar refractivity (Wildman–Crippen MR) is 120 cm³/mol. The number of rotatable bonds is 6. The quantitative estimate of drug-likeness (QED) is 0.667. The first-order chi connectivity index (χ1) is 15.1. The topological polar surface area (TPSA) is 80.1 Å². The molecule has 0 aliphatic carbocycles. The fourth-order valence-electron chi connectivity index (χ4n) is 3.83. The molecule has 0 spiro atoms. The van der Waals surface area contributed by atoms with E-state index in [2.05, 4.69) is 27.2 Å². The van der Waals surface area contributed by atoms with Crippen LogP contribution in [0.3, 0.4) is 0 Å². The molecule has 1 aliphatic rings. The zero-order valence-corrected chi connectivity index (χ0v) is 17.7. The van der Waals surface area contributed by atoms with E-state index in [9.17, 15) is 9.59 Å². The first kappa shape index (κ1) is 20.8. The standard InChI is InChI=1S/C24H27N5O2/c1-2-18-5-7-21(8-6-18)29-23(30)10-9-22(27-29)28-14-11-20(12-15-28)24(31)26-17-19-4-3-13-25-16-19/h3-10,13,16,20H,2,11-12,14-15,17H2,1H3,(H,26,31). The van der Waals surface area contributed by atoms with Gasteiger partial charge in [0, 0.05) is 44.0 Å². The second-order valence-corrected chi connectivity index (χ2v) is 7.80. The number of benzene rings is 1. The van der Waals surface area contributed by atoms with Gasteiger partial charge in [0.2, 0.25) is 5.91 Å². The highest BCUT2D eigenvalue weighted by Crippen LogP contribution is 2.22. The molecule has 0 atom stereocenters. The number of anilines is 1. The Kier molecular flexibility index (Phi) is 6.40. The van der Waals surface area contributed by atoms with E-state index in [1.165, 1.54) is 10.2 Å². The molecule has 160 valence electrons. The third-order valence-corrected chi connectivity index (χ3v) is 5.75. The summed E-state index contributed by atoms with van der Waals surface area (Å²) in [5.41, 5.74) is 2.81. The molecule has 2 aromatic heterocycles. The molecule has 7 heteroatoms. The van der Waals surface area contributed by atoms with Crippen molar-refractivity contribution < 1.29 is 4.79 Å². The van der Waals surface area contributed by atoms with Crippen LogP contribution in [0.4, 0.5) is 5.82 Å². The average molecular weight is 418 g/mol. The molecule has 0 bridgehead atoms. The summed E-state index contributed by atoms with van der Waals surface area (Å²) in [6.07, 6.45) is 5.95. The lowest BCUT2D eigenvalue weighted by Gasteiger charge is -2.32. The molecular weight excluding hydrogens is 390 g/mol. The van der Waals surface area contributed by atoms with Crippen molar-refractivity contribution in [3.63, 3.8) is 0 Å². The Labute approximate surface area is 181 Å². The van der Waals surface area contributed by atoms with Crippen LogP contribution in [0, 0.1) is 5.92 Å². The van der Waals surface area contributed by atoms with E-state index in [4.69, 9.17) is 0 Å². The molecule has 1 amide bonds. The lowest BCUT2D eigenvalue weighted by molar-refractivity contribution is -0.125. The summed E-state index contributed by atoms with van der Waals surface area (Å²) < 4.78 is 1.45. The highest BCUT2D eigenvalue weighted by atomic mass is 16.2. The Morgan fingerprint density at radius 1 is 1.06 bits per heavy atom. The Bertz CT molecular complexity index is 1070. The van der Waals surface area contributed by atoms with Gasteiger partial charge in [-0.05, 0) is 54.7 Å². The Hall–Kier alpha value is -3.48. The number of aromatic nitrogens is 3. The molecule has 1 fully saturated rings. The molecule has 7 nitrogen and oxygen atoms in total. The number of nitrogens with one attached hydrogen (secondary N) is 1. The molecular formula is C24H27N5O2. The van der Waals surface area contributed by atoms with Crippen LogP contribution in [-0.2, 0) is 17.8 Å². The van der Waals surface area contributed by atoms with Gasteiger partial charge in [0.15, 0.2) is 0 Å². The van der Waals surface area contributed by atoms with Crippen LogP contribution in [0.15, 0.2) is 65.7 Å². The largest absolute Gasteiger partial charge is 0.355 e. The van der Waals surface area contributed by atoms with Gasteiger partial charge < -0.3 is 10.2 Å². The highest BCUT2D eigenvalue weighted by Gasteiger charge is 2.25. The molecule has 31 heavy (non-hydrogen) atoms. The summed E-state index contributed by atoms with van der Waals surface area (Å²) in [6, 6.07) is 15.0. The van der Waals surface area contributed by atoms with Crippen molar-refractivity contribution in [3.8, 4) is 5.69 Å². The van der Waals surface area contributed by atoms with Gasteiger partial charge in [-0.3, -0.25) is 14.6 Å². The number of nitrogens with zero attached hydrogens (tertiary/aromatic N) is 4. The first-order valence-corrected chi connectivity index (χ1v) is 10.8. The number of pyridine rings is 1. The molecule has 1 aromatic carbocycles. The van der Waals surface area contributed by atoms with Crippen LogP contribution in [0.5, 0.6) is 0 Å². The summed E-state index contributed by atoms with van der Waals surface area (Å²) in [5, 5.41) is 7.60. The fourth-order valence-corrected chi connectivity index (χ4v) is 3.83. The number of carbonyl (C=O) groups excluding carboxylic acids is 1. The second-order valence-electron chi connectivity index (χ2n) is 7.80. The molecule has 1 aliphatic heterocycles. The van der Waals surface area contributed by atoms with Crippen molar-refractivity contribution in [2.24, 2.45) is 5.92 Å². The molecule has 1 N–H and O–H groups in total. The van der Waals surface area contributed by atoms with Gasteiger partial charge >= 0.3 is 0 Å². The van der Waals surface area contributed by atoms with E-state index in [1.54, 1.807) is 24.5 Å². The summed E-state index contributed by atoms with van der Waals surface area (Å²) in [6.45, 7) is 4.05. The van der Waals surface area contributed by atoms with Crippen molar-refractivity contribution >= 4 is 11.7 Å². The van der Waals surface area contributed by atoms with Crippen molar-refractivity contribution in [2.45, 2.75) is 32.7 Å². The lowest BCUT2D eigenvalue weighted by Crippen LogP contribution is -2.41. The first-order valence-electron chi connectivity index (χ1n) is 10.8. The van der Waals surface area contributed by atoms with Crippen LogP contribution in [0.2, 0.25) is 0 Å². The zero-order valence-electron chi connectivity index (χ0n) is 17.7. The summed E-state index contributed by atoms with van der Waals surface area (Å²) in [5.74, 6) is 0.825. The van der Waals surface area contributed by atoms with Gasteiger partial charge in [0.1, 0.15) is 5.82 Å². The maximum Gasteiger partial charge on any atom is 0.271 e. The minimum absolute atomic E-state index is 0.0135. The third kappa shape index (κ3) is 4.99. The second kappa shape index (κ2) is 9.55. The van der Waals surface area contributed by atoms with Gasteiger partial charge in [-0.15, -0.1) is 5.10 Å². The Balaban J connectivity index is 1.38. The van der Waals surface area contributed by atoms with Crippen LogP contribution in [0.1, 0.15) is 30.9 Å². The zero-order chi connectivity index (χ0) is 21.6. The number of aryl methyl sites for hydroxylation is 1. The van der Waals surface area contributed by atoms with Crippen LogP contribution < -0.4 is 15.8 Å². The number of hydrogen-bond acceptors (Lipinski definition) is 5. The van der Waals surface area contributed by atoms with E-state index in [0.29, 0.717) is 6.54 Å². The smallest absolute Gasteiger partial charge is 0.271 e. The maximum atomic E-state index is 12.5. The van der Waals surface area contributed by atoms with Crippen molar-refractivity contribution in [1.82, 2.24) is 20.1 Å². The van der Waals surface area contributed by atoms with Gasteiger partial charge in [-0.25, -0.2) is 0 Å². The van der Waals surface area contributed by atoms with Crippen LogP contribution in [-0.4, -0.2) is 33.8 Å². The van der Waals surface area contributed by atoms with Crippen molar-refractivity contribution in [3.05, 3.63) is 82.4 Å². The minimum Gasteiger partial charge on any atom is -0.355 e. The number of amides is 1. The average Bonchev–Trinajstić information content (AvgIpc) is 2.84. The number of carbonyl (C=O) groups is 1. The SMILES string of the molecule is CCc1ccc(-n2nc(N3CCC(C(=O)NCc4cccnc4)CC3)ccc2=O)cc1. The molecule has 1 saturated heterocycles.